The molecule has 0 amide bonds. The number of aliphatic hydroxyl groups is 1. The van der Waals surface area contributed by atoms with Crippen LogP contribution in [0.15, 0.2) is 67.2 Å². The van der Waals surface area contributed by atoms with Crippen LogP contribution in [-0.2, 0) is 30.9 Å². The van der Waals surface area contributed by atoms with E-state index in [1.807, 2.05) is 36.4 Å². The van der Waals surface area contributed by atoms with E-state index in [1.54, 1.807) is 30.5 Å². The topological polar surface area (TPSA) is 110 Å². The van der Waals surface area contributed by atoms with Crippen molar-refractivity contribution >= 4 is 28.7 Å². The monoisotopic (exact) mass is 513 g/mol. The predicted octanol–water partition coefficient (Wildman–Crippen LogP) is 3.11. The van der Waals surface area contributed by atoms with E-state index in [-0.39, 0.29) is 24.3 Å². The predicted molar refractivity (Wildman–Crippen MR) is 141 cm³/mol. The molecule has 3 aliphatic heterocycles. The SMILES string of the molecule is C=C(C(=O)O)c1ccccc1.C[S+]([O-])CCC(CO)(C(=O)OC1CN2CCC1CC2)c1ccccc1. The molecule has 2 bridgehead atoms. The zero-order valence-corrected chi connectivity index (χ0v) is 21.5. The minimum absolute atomic E-state index is 0.100. The molecule has 0 aliphatic carbocycles. The number of piperidine rings is 3. The van der Waals surface area contributed by atoms with E-state index in [2.05, 4.69) is 11.5 Å². The van der Waals surface area contributed by atoms with Crippen molar-refractivity contribution in [2.45, 2.75) is 30.8 Å². The molecule has 7 nitrogen and oxygen atoms in total. The number of hydrogen-bond donors (Lipinski definition) is 2. The largest absolute Gasteiger partial charge is 0.617 e. The highest BCUT2D eigenvalue weighted by molar-refractivity contribution is 7.90. The van der Waals surface area contributed by atoms with E-state index in [0.717, 1.165) is 38.0 Å². The first kappa shape index (κ1) is 27.9. The second-order valence-corrected chi connectivity index (χ2v) is 10.9. The van der Waals surface area contributed by atoms with Gasteiger partial charge in [-0.25, -0.2) is 4.79 Å². The Kier molecular flexibility index (Phi) is 10.1. The van der Waals surface area contributed by atoms with Crippen LogP contribution in [0.2, 0.25) is 0 Å². The van der Waals surface area contributed by atoms with Crippen molar-refractivity contribution in [3.05, 3.63) is 78.4 Å². The summed E-state index contributed by atoms with van der Waals surface area (Å²) < 4.78 is 17.6. The van der Waals surface area contributed by atoms with E-state index < -0.39 is 22.6 Å². The van der Waals surface area contributed by atoms with Gasteiger partial charge >= 0.3 is 11.9 Å². The number of esters is 1. The summed E-state index contributed by atoms with van der Waals surface area (Å²) in [6, 6.07) is 18.1. The van der Waals surface area contributed by atoms with Crippen LogP contribution in [0.5, 0.6) is 0 Å². The maximum atomic E-state index is 13.2. The number of rotatable bonds is 9. The number of hydrogen-bond acceptors (Lipinski definition) is 6. The van der Waals surface area contributed by atoms with Crippen molar-refractivity contribution in [1.29, 1.82) is 0 Å². The first-order chi connectivity index (χ1) is 17.3. The average Bonchev–Trinajstić information content (AvgIpc) is 2.91. The highest BCUT2D eigenvalue weighted by Crippen LogP contribution is 2.34. The average molecular weight is 514 g/mol. The molecule has 2 aromatic rings. The van der Waals surface area contributed by atoms with Crippen molar-refractivity contribution in [1.82, 2.24) is 4.90 Å². The Hall–Kier alpha value is -2.65. The molecule has 0 radical (unpaired) electrons. The molecule has 194 valence electrons. The second kappa shape index (κ2) is 13.1. The van der Waals surface area contributed by atoms with Crippen LogP contribution in [0.3, 0.4) is 0 Å². The highest BCUT2D eigenvalue weighted by atomic mass is 32.2. The van der Waals surface area contributed by atoms with Gasteiger partial charge in [0.15, 0.2) is 0 Å². The van der Waals surface area contributed by atoms with E-state index in [9.17, 15) is 19.2 Å². The van der Waals surface area contributed by atoms with E-state index in [4.69, 9.17) is 9.84 Å². The molecular weight excluding hydrogens is 478 g/mol. The lowest BCUT2D eigenvalue weighted by Gasteiger charge is -2.45. The lowest BCUT2D eigenvalue weighted by Crippen LogP contribution is -2.54. The number of aliphatic hydroxyl groups excluding tert-OH is 1. The molecule has 3 atom stereocenters. The summed E-state index contributed by atoms with van der Waals surface area (Å²) in [7, 11) is 0. The molecule has 5 rings (SSSR count). The molecule has 3 aliphatic rings. The van der Waals surface area contributed by atoms with Crippen molar-refractivity contribution < 1.29 is 29.1 Å². The third-order valence-corrected chi connectivity index (χ3v) is 7.82. The molecule has 0 saturated carbocycles. The number of benzene rings is 2. The quantitative estimate of drug-likeness (QED) is 0.301. The minimum Gasteiger partial charge on any atom is -0.617 e. The van der Waals surface area contributed by atoms with Crippen LogP contribution in [-0.4, -0.2) is 76.0 Å². The van der Waals surface area contributed by atoms with Gasteiger partial charge in [0.25, 0.3) is 0 Å². The summed E-state index contributed by atoms with van der Waals surface area (Å²) in [6.07, 6.45) is 3.96. The number of fused-ring (bicyclic) bond motifs is 3. The zero-order chi connectivity index (χ0) is 26.1. The zero-order valence-electron chi connectivity index (χ0n) is 20.7. The number of aliphatic carboxylic acids is 1. The summed E-state index contributed by atoms with van der Waals surface area (Å²) in [5.41, 5.74) is 0.374. The summed E-state index contributed by atoms with van der Waals surface area (Å²) in [5.74, 6) is -0.590. The molecule has 3 unspecified atom stereocenters. The van der Waals surface area contributed by atoms with E-state index in [0.29, 0.717) is 23.7 Å². The van der Waals surface area contributed by atoms with E-state index >= 15 is 0 Å². The Balaban J connectivity index is 0.000000275. The molecule has 2 aromatic carbocycles. The summed E-state index contributed by atoms with van der Waals surface area (Å²) in [4.78, 5) is 25.9. The van der Waals surface area contributed by atoms with Crippen LogP contribution in [0.25, 0.3) is 5.57 Å². The molecule has 2 N–H and O–H groups in total. The van der Waals surface area contributed by atoms with Crippen molar-refractivity contribution in [2.75, 3.05) is 38.2 Å². The lowest BCUT2D eigenvalue weighted by molar-refractivity contribution is -0.167. The van der Waals surface area contributed by atoms with Gasteiger partial charge in [0.05, 0.1) is 18.4 Å². The maximum absolute atomic E-state index is 13.2. The van der Waals surface area contributed by atoms with Crippen molar-refractivity contribution in [2.24, 2.45) is 5.92 Å². The number of carbonyl (C=O) groups excluding carboxylic acids is 1. The van der Waals surface area contributed by atoms with Gasteiger partial charge in [0, 0.05) is 13.0 Å². The van der Waals surface area contributed by atoms with Crippen molar-refractivity contribution in [3.63, 3.8) is 0 Å². The first-order valence-corrected chi connectivity index (χ1v) is 13.9. The summed E-state index contributed by atoms with van der Waals surface area (Å²) in [5, 5.41) is 18.7. The third kappa shape index (κ3) is 6.97. The highest BCUT2D eigenvalue weighted by Gasteiger charge is 2.45. The maximum Gasteiger partial charge on any atom is 0.335 e. The van der Waals surface area contributed by atoms with Gasteiger partial charge < -0.3 is 19.5 Å². The molecule has 3 heterocycles. The van der Waals surface area contributed by atoms with Gasteiger partial charge in [0.2, 0.25) is 0 Å². The summed E-state index contributed by atoms with van der Waals surface area (Å²) in [6.45, 7) is 6.03. The molecule has 0 spiro atoms. The van der Waals surface area contributed by atoms with Crippen LogP contribution in [0.4, 0.5) is 0 Å². The Bertz CT molecular complexity index is 1010. The number of carboxylic acids is 1. The smallest absolute Gasteiger partial charge is 0.335 e. The minimum atomic E-state index is -1.14. The van der Waals surface area contributed by atoms with Crippen molar-refractivity contribution in [3.8, 4) is 0 Å². The number of carboxylic acid groups (broad SMARTS) is 1. The Morgan fingerprint density at radius 3 is 2.17 bits per heavy atom. The standard InChI is InChI=1S/C19H27NO4S.C9H8O2/c1-25(23)12-9-19(14-21,16-5-3-2-4-6-16)18(22)24-17-13-20-10-7-15(17)8-11-20;1-7(9(10)11)8-5-3-2-4-6-8/h2-6,15,17,21H,7-14H2,1H3;2-6H,1H2,(H,10,11). The van der Waals surface area contributed by atoms with E-state index in [1.165, 1.54) is 0 Å². The first-order valence-electron chi connectivity index (χ1n) is 12.1. The van der Waals surface area contributed by atoms with Crippen LogP contribution in [0, 0.1) is 5.92 Å². The van der Waals surface area contributed by atoms with Crippen LogP contribution >= 0.6 is 0 Å². The van der Waals surface area contributed by atoms with Crippen LogP contribution < -0.4 is 0 Å². The van der Waals surface area contributed by atoms with Gasteiger partial charge in [-0.1, -0.05) is 78.4 Å². The Morgan fingerprint density at radius 1 is 1.11 bits per heavy atom. The third-order valence-electron chi connectivity index (χ3n) is 7.04. The van der Waals surface area contributed by atoms with Crippen LogP contribution in [0.1, 0.15) is 30.4 Å². The number of nitrogens with zero attached hydrogens (tertiary/aromatic N) is 1. The summed E-state index contributed by atoms with van der Waals surface area (Å²) >= 11 is -1.04. The van der Waals surface area contributed by atoms with Gasteiger partial charge in [-0.3, -0.25) is 9.69 Å². The molecule has 3 saturated heterocycles. The number of ether oxygens (including phenoxy) is 1. The number of carbonyl (C=O) groups is 2. The molecule has 0 aromatic heterocycles. The van der Waals surface area contributed by atoms with Gasteiger partial charge in [0.1, 0.15) is 17.3 Å². The fourth-order valence-corrected chi connectivity index (χ4v) is 5.37. The normalized spacial score (nSPS) is 22.9. The fraction of sp³-hybridized carbons (Fsp3) is 0.429. The second-order valence-electron chi connectivity index (χ2n) is 9.37. The molecular formula is C28H35NO6S. The fourth-order valence-electron chi connectivity index (χ4n) is 4.73. The molecule has 36 heavy (non-hydrogen) atoms. The Labute approximate surface area is 216 Å². The molecule has 3 fully saturated rings. The van der Waals surface area contributed by atoms with Gasteiger partial charge in [-0.2, -0.15) is 0 Å². The Morgan fingerprint density at radius 2 is 1.69 bits per heavy atom. The molecule has 8 heteroatoms. The van der Waals surface area contributed by atoms with Gasteiger partial charge in [-0.15, -0.1) is 0 Å². The van der Waals surface area contributed by atoms with Gasteiger partial charge in [-0.05, 0) is 43.0 Å². The lowest BCUT2D eigenvalue weighted by atomic mass is 9.78.